The van der Waals surface area contributed by atoms with E-state index < -0.39 is 46.0 Å². The number of aromatic hydroxyl groups is 1. The van der Waals surface area contributed by atoms with E-state index in [1.165, 1.54) is 14.2 Å². The van der Waals surface area contributed by atoms with E-state index in [-0.39, 0.29) is 34.6 Å². The van der Waals surface area contributed by atoms with Gasteiger partial charge >= 0.3 is 11.9 Å². The molecular weight excluding hydrogens is 564 g/mol. The second kappa shape index (κ2) is 10.6. The molecule has 3 atom stereocenters. The van der Waals surface area contributed by atoms with Crippen LogP contribution in [0.15, 0.2) is 41.0 Å². The number of carbonyl (C=O) groups is 3. The standard InChI is InChI=1S/C35H42O9/c1-19(2)13-14-22-28-21(16-17-32(4,5)42-28)26(36)25-27(37)23-11-10-12-24-33(6,7)44-34(31(39)41-9,35(23,24)43-29(22)25)18-15-20(3)30(38)40-8/h11,13,15-17,24,36H,10,12,14,18H2,1-9H3. The molecule has 44 heavy (non-hydrogen) atoms. The zero-order chi connectivity index (χ0) is 32.4. The molecule has 1 N–H and O–H groups in total. The van der Waals surface area contributed by atoms with Crippen LogP contribution in [0.4, 0.5) is 0 Å². The minimum absolute atomic E-state index is 0.0242. The molecule has 1 fully saturated rings. The van der Waals surface area contributed by atoms with E-state index in [0.29, 0.717) is 36.1 Å². The number of methoxy groups -OCH3 is 2. The largest absolute Gasteiger partial charge is 0.506 e. The summed E-state index contributed by atoms with van der Waals surface area (Å²) < 4.78 is 30.6. The van der Waals surface area contributed by atoms with Crippen LogP contribution in [0.2, 0.25) is 0 Å². The second-order valence-electron chi connectivity index (χ2n) is 13.3. The SMILES string of the molecule is COC(=O)C(C)=CCC1(C(=O)OC)OC(C)(C)C2CCC=C3C(=O)c4c(O)c5c(c(CC=C(C)C)c4OC321)OC(C)(C)C=C5. The quantitative estimate of drug-likeness (QED) is 0.238. The number of ether oxygens (including phenoxy) is 5. The molecule has 0 aromatic heterocycles. The Balaban J connectivity index is 1.86. The van der Waals surface area contributed by atoms with Gasteiger partial charge in [0, 0.05) is 29.0 Å². The maximum absolute atomic E-state index is 14.7. The highest BCUT2D eigenvalue weighted by atomic mass is 16.6. The van der Waals surface area contributed by atoms with Crippen molar-refractivity contribution in [1.82, 2.24) is 0 Å². The molecular formula is C35H42O9. The fourth-order valence-corrected chi connectivity index (χ4v) is 7.24. The van der Waals surface area contributed by atoms with Crippen LogP contribution in [0, 0.1) is 5.92 Å². The van der Waals surface area contributed by atoms with Crippen LogP contribution < -0.4 is 9.47 Å². The van der Waals surface area contributed by atoms with Crippen molar-refractivity contribution in [2.45, 2.75) is 96.6 Å². The summed E-state index contributed by atoms with van der Waals surface area (Å²) in [6.07, 6.45) is 10.3. The van der Waals surface area contributed by atoms with Crippen molar-refractivity contribution in [3.05, 3.63) is 57.7 Å². The molecule has 1 aromatic rings. The average Bonchev–Trinajstić information content (AvgIpc) is 3.17. The molecule has 4 aliphatic rings. The maximum atomic E-state index is 14.7. The second-order valence-corrected chi connectivity index (χ2v) is 13.3. The Morgan fingerprint density at radius 3 is 2.39 bits per heavy atom. The highest BCUT2D eigenvalue weighted by Gasteiger charge is 2.77. The lowest BCUT2D eigenvalue weighted by atomic mass is 9.60. The molecule has 1 spiro atoms. The van der Waals surface area contributed by atoms with Gasteiger partial charge in [-0.15, -0.1) is 0 Å². The Hall–Kier alpha value is -3.85. The van der Waals surface area contributed by atoms with Gasteiger partial charge in [-0.25, -0.2) is 9.59 Å². The number of phenolic OH excluding ortho intramolecular Hbond substituents is 1. The third-order valence-corrected chi connectivity index (χ3v) is 9.27. The lowest BCUT2D eigenvalue weighted by Gasteiger charge is -2.50. The summed E-state index contributed by atoms with van der Waals surface area (Å²) in [5.41, 5.74) is -2.59. The van der Waals surface area contributed by atoms with Crippen molar-refractivity contribution in [1.29, 1.82) is 0 Å². The first kappa shape index (κ1) is 31.6. The number of hydrogen-bond acceptors (Lipinski definition) is 9. The van der Waals surface area contributed by atoms with Crippen molar-refractivity contribution < 1.29 is 43.2 Å². The first-order chi connectivity index (χ1) is 20.6. The maximum Gasteiger partial charge on any atom is 0.343 e. The van der Waals surface area contributed by atoms with E-state index in [1.807, 2.05) is 53.7 Å². The fourth-order valence-electron chi connectivity index (χ4n) is 7.24. The summed E-state index contributed by atoms with van der Waals surface area (Å²) in [5, 5.41) is 11.6. The van der Waals surface area contributed by atoms with Gasteiger partial charge in [-0.3, -0.25) is 4.79 Å². The Morgan fingerprint density at radius 2 is 1.75 bits per heavy atom. The van der Waals surface area contributed by atoms with Gasteiger partial charge in [0.2, 0.25) is 5.60 Å². The van der Waals surface area contributed by atoms with Crippen molar-refractivity contribution >= 4 is 23.8 Å². The third-order valence-electron chi connectivity index (χ3n) is 9.27. The number of allylic oxidation sites excluding steroid dienone is 3. The molecule has 236 valence electrons. The Bertz CT molecular complexity index is 1570. The van der Waals surface area contributed by atoms with E-state index in [4.69, 9.17) is 23.7 Å². The van der Waals surface area contributed by atoms with Crippen LogP contribution in [-0.2, 0) is 30.2 Å². The summed E-state index contributed by atoms with van der Waals surface area (Å²) in [7, 11) is 2.54. The molecule has 0 radical (unpaired) electrons. The summed E-state index contributed by atoms with van der Waals surface area (Å²) >= 11 is 0. The lowest BCUT2D eigenvalue weighted by molar-refractivity contribution is -0.188. The molecule has 1 aromatic carbocycles. The van der Waals surface area contributed by atoms with Crippen LogP contribution >= 0.6 is 0 Å². The first-order valence-electron chi connectivity index (χ1n) is 15.0. The van der Waals surface area contributed by atoms with E-state index >= 15 is 0 Å². The van der Waals surface area contributed by atoms with Gasteiger partial charge < -0.3 is 28.8 Å². The predicted molar refractivity (Wildman–Crippen MR) is 164 cm³/mol. The van der Waals surface area contributed by atoms with Crippen LogP contribution in [0.3, 0.4) is 0 Å². The molecule has 3 aliphatic heterocycles. The molecule has 0 bridgehead atoms. The number of carbonyl (C=O) groups excluding carboxylic acids is 3. The van der Waals surface area contributed by atoms with E-state index in [0.717, 1.165) is 5.57 Å². The minimum Gasteiger partial charge on any atom is -0.506 e. The number of ketones is 1. The van der Waals surface area contributed by atoms with Gasteiger partial charge in [0.05, 0.1) is 25.4 Å². The van der Waals surface area contributed by atoms with Gasteiger partial charge in [0.25, 0.3) is 0 Å². The summed E-state index contributed by atoms with van der Waals surface area (Å²) in [5.74, 6) is -1.88. The van der Waals surface area contributed by atoms with Crippen molar-refractivity contribution in [2.75, 3.05) is 14.2 Å². The molecule has 1 aliphatic carbocycles. The topological polar surface area (TPSA) is 118 Å². The van der Waals surface area contributed by atoms with Crippen LogP contribution in [0.1, 0.15) is 89.2 Å². The predicted octanol–water partition coefficient (Wildman–Crippen LogP) is 5.97. The molecule has 3 heterocycles. The number of fused-ring (bicyclic) bond motifs is 2. The Labute approximate surface area is 258 Å². The monoisotopic (exact) mass is 606 g/mol. The van der Waals surface area contributed by atoms with Crippen molar-refractivity contribution in [3.8, 4) is 17.2 Å². The molecule has 0 amide bonds. The zero-order valence-electron chi connectivity index (χ0n) is 27.0. The van der Waals surface area contributed by atoms with E-state index in [9.17, 15) is 19.5 Å². The molecule has 5 rings (SSSR count). The number of Topliss-reactive ketones (excluding diaryl/α,β-unsaturated/α-hetero) is 1. The van der Waals surface area contributed by atoms with Gasteiger partial charge in [0.1, 0.15) is 28.4 Å². The summed E-state index contributed by atoms with van der Waals surface area (Å²) in [4.78, 5) is 41.2. The minimum atomic E-state index is -1.86. The van der Waals surface area contributed by atoms with Gasteiger partial charge in [0.15, 0.2) is 11.4 Å². The normalized spacial score (nSPS) is 27.4. The molecule has 9 nitrogen and oxygen atoms in total. The molecule has 3 unspecified atom stereocenters. The number of rotatable bonds is 6. The zero-order valence-corrected chi connectivity index (χ0v) is 27.0. The van der Waals surface area contributed by atoms with Gasteiger partial charge in [-0.05, 0) is 79.9 Å². The van der Waals surface area contributed by atoms with Gasteiger partial charge in [-0.1, -0.05) is 23.8 Å². The van der Waals surface area contributed by atoms with Crippen LogP contribution in [-0.4, -0.2) is 59.5 Å². The van der Waals surface area contributed by atoms with Crippen LogP contribution in [0.5, 0.6) is 17.2 Å². The van der Waals surface area contributed by atoms with Crippen molar-refractivity contribution in [2.24, 2.45) is 5.92 Å². The van der Waals surface area contributed by atoms with E-state index in [2.05, 4.69) is 0 Å². The van der Waals surface area contributed by atoms with E-state index in [1.54, 1.807) is 25.2 Å². The highest BCUT2D eigenvalue weighted by Crippen LogP contribution is 2.64. The first-order valence-corrected chi connectivity index (χ1v) is 15.0. The lowest BCUT2D eigenvalue weighted by Crippen LogP contribution is -2.67. The smallest absolute Gasteiger partial charge is 0.343 e. The number of hydrogen-bond donors (Lipinski definition) is 1. The molecule has 9 heteroatoms. The highest BCUT2D eigenvalue weighted by molar-refractivity contribution is 6.17. The number of benzene rings is 1. The molecule has 1 saturated heterocycles. The fraction of sp³-hybridized carbons (Fsp3) is 0.514. The Morgan fingerprint density at radius 1 is 1.05 bits per heavy atom. The Kier molecular flexibility index (Phi) is 7.64. The third kappa shape index (κ3) is 4.50. The summed E-state index contributed by atoms with van der Waals surface area (Å²) in [6.45, 7) is 13.1. The van der Waals surface area contributed by atoms with Crippen LogP contribution in [0.25, 0.3) is 6.08 Å². The average molecular weight is 607 g/mol. The van der Waals surface area contributed by atoms with Crippen molar-refractivity contribution in [3.63, 3.8) is 0 Å². The summed E-state index contributed by atoms with van der Waals surface area (Å²) in [6, 6.07) is 0. The number of esters is 2. The molecule has 0 saturated carbocycles. The number of phenols is 1. The van der Waals surface area contributed by atoms with Gasteiger partial charge in [-0.2, -0.15) is 0 Å².